The average Bonchev–Trinajstić information content (AvgIpc) is 2.43. The van der Waals surface area contributed by atoms with Crippen molar-refractivity contribution in [3.63, 3.8) is 0 Å². The molecule has 1 atom stereocenters. The van der Waals surface area contributed by atoms with Crippen LogP contribution in [0.15, 0.2) is 59.5 Å². The minimum Gasteiger partial charge on any atom is -0.450 e. The van der Waals surface area contributed by atoms with Crippen molar-refractivity contribution >= 4 is 22.6 Å². The fraction of sp³-hybridized carbons (Fsp3) is 0.200. The highest BCUT2D eigenvalue weighted by atomic mass is 32.2. The summed E-state index contributed by atoms with van der Waals surface area (Å²) in [5, 5.41) is 0. The quantitative estimate of drug-likeness (QED) is 0.793. The maximum absolute atomic E-state index is 12.0. The molecular formula is C15H14O4S. The van der Waals surface area contributed by atoms with E-state index in [9.17, 15) is 13.8 Å². The molecule has 4 nitrogen and oxygen atoms in total. The van der Waals surface area contributed by atoms with Gasteiger partial charge >= 0.3 is 5.97 Å². The zero-order valence-electron chi connectivity index (χ0n) is 10.9. The highest BCUT2D eigenvalue weighted by Crippen LogP contribution is 2.19. The van der Waals surface area contributed by atoms with Gasteiger partial charge in [0.1, 0.15) is 11.4 Å². The zero-order chi connectivity index (χ0) is 14.6. The lowest BCUT2D eigenvalue weighted by Gasteiger charge is -2.24. The molecule has 1 aliphatic rings. The molecule has 1 aromatic rings. The Morgan fingerprint density at radius 2 is 1.80 bits per heavy atom. The summed E-state index contributed by atoms with van der Waals surface area (Å²) in [6.45, 7) is 1.66. The second kappa shape index (κ2) is 5.96. The Morgan fingerprint density at radius 3 is 2.40 bits per heavy atom. The summed E-state index contributed by atoms with van der Waals surface area (Å²) in [4.78, 5) is 23.4. The number of rotatable bonds is 4. The Hall–Kier alpha value is -2.01. The number of carbonyl (C=O) groups is 2. The molecule has 0 saturated heterocycles. The van der Waals surface area contributed by atoms with E-state index < -0.39 is 22.4 Å². The minimum absolute atomic E-state index is 0.147. The number of hydrogen-bond donors (Lipinski definition) is 0. The summed E-state index contributed by atoms with van der Waals surface area (Å²) < 4.78 is 17.2. The summed E-state index contributed by atoms with van der Waals surface area (Å²) in [5.41, 5.74) is -0.952. The van der Waals surface area contributed by atoms with Crippen LogP contribution >= 0.6 is 0 Å². The molecule has 0 spiro atoms. The fourth-order valence-corrected chi connectivity index (χ4v) is 2.61. The number of ketones is 1. The van der Waals surface area contributed by atoms with Crippen LogP contribution in [0.3, 0.4) is 0 Å². The molecule has 0 bridgehead atoms. The van der Waals surface area contributed by atoms with Crippen LogP contribution in [0.4, 0.5) is 0 Å². The van der Waals surface area contributed by atoms with E-state index in [1.807, 2.05) is 6.07 Å². The Labute approximate surface area is 119 Å². The molecule has 0 amide bonds. The van der Waals surface area contributed by atoms with Crippen molar-refractivity contribution in [2.45, 2.75) is 17.4 Å². The van der Waals surface area contributed by atoms with Crippen LogP contribution in [0.2, 0.25) is 0 Å². The third-order valence-electron chi connectivity index (χ3n) is 2.75. The molecule has 2 rings (SSSR count). The van der Waals surface area contributed by atoms with E-state index in [2.05, 4.69) is 0 Å². The molecule has 1 unspecified atom stereocenters. The molecule has 0 aromatic heterocycles. The molecule has 0 saturated carbocycles. The van der Waals surface area contributed by atoms with Gasteiger partial charge in [0, 0.05) is 4.90 Å². The number of hydrogen-bond acceptors (Lipinski definition) is 4. The van der Waals surface area contributed by atoms with Gasteiger partial charge in [0.05, 0.1) is 10.8 Å². The van der Waals surface area contributed by atoms with Crippen LogP contribution < -0.4 is 0 Å². The van der Waals surface area contributed by atoms with Gasteiger partial charge in [0.25, 0.3) is 0 Å². The summed E-state index contributed by atoms with van der Waals surface area (Å²) in [6.07, 6.45) is 5.72. The first kappa shape index (κ1) is 14.4. The van der Waals surface area contributed by atoms with Gasteiger partial charge in [-0.05, 0) is 43.4 Å². The molecule has 5 heteroatoms. The Kier molecular flexibility index (Phi) is 4.29. The number of esters is 1. The summed E-state index contributed by atoms with van der Waals surface area (Å²) >= 11 is 0. The fourth-order valence-electron chi connectivity index (χ4n) is 1.71. The summed E-state index contributed by atoms with van der Waals surface area (Å²) in [7, 11) is -1.43. The van der Waals surface area contributed by atoms with E-state index in [1.54, 1.807) is 31.2 Å². The average molecular weight is 290 g/mol. The van der Waals surface area contributed by atoms with Crippen LogP contribution in [0, 0.1) is 0 Å². The van der Waals surface area contributed by atoms with Gasteiger partial charge in [0.15, 0.2) is 5.78 Å². The monoisotopic (exact) mass is 290 g/mol. The lowest BCUT2D eigenvalue weighted by Crippen LogP contribution is -2.31. The smallest absolute Gasteiger partial charge is 0.320 e. The third kappa shape index (κ3) is 3.74. The molecule has 0 heterocycles. The topological polar surface area (TPSA) is 60.4 Å². The molecule has 20 heavy (non-hydrogen) atoms. The lowest BCUT2D eigenvalue weighted by molar-refractivity contribution is -0.147. The van der Waals surface area contributed by atoms with Gasteiger partial charge in [-0.2, -0.15) is 0 Å². The first-order valence-electron chi connectivity index (χ1n) is 6.06. The summed E-state index contributed by atoms with van der Waals surface area (Å²) in [6, 6.07) is 8.74. The molecule has 0 radical (unpaired) electrons. The number of benzene rings is 1. The SMILES string of the molecule is CC1(OC(=O)CS(=O)c2ccccc2)C=CC(=O)C=C1. The van der Waals surface area contributed by atoms with Gasteiger partial charge in [0.2, 0.25) is 0 Å². The highest BCUT2D eigenvalue weighted by molar-refractivity contribution is 7.85. The van der Waals surface area contributed by atoms with Gasteiger partial charge < -0.3 is 4.74 Å². The maximum atomic E-state index is 12.0. The largest absolute Gasteiger partial charge is 0.450 e. The van der Waals surface area contributed by atoms with E-state index in [0.717, 1.165) is 0 Å². The summed E-state index contributed by atoms with van der Waals surface area (Å²) in [5.74, 6) is -0.931. The first-order chi connectivity index (χ1) is 9.48. The van der Waals surface area contributed by atoms with Crippen LogP contribution in [-0.4, -0.2) is 27.3 Å². The minimum atomic E-state index is -1.43. The van der Waals surface area contributed by atoms with Gasteiger partial charge in [-0.1, -0.05) is 18.2 Å². The van der Waals surface area contributed by atoms with Gasteiger partial charge in [-0.3, -0.25) is 13.8 Å². The second-order valence-electron chi connectivity index (χ2n) is 4.53. The maximum Gasteiger partial charge on any atom is 0.320 e. The number of ether oxygens (including phenoxy) is 1. The lowest BCUT2D eigenvalue weighted by atomic mass is 10.00. The van der Waals surface area contributed by atoms with Crippen LogP contribution in [0.1, 0.15) is 6.92 Å². The normalized spacial score (nSPS) is 17.8. The Balaban J connectivity index is 1.97. The van der Waals surface area contributed by atoms with Crippen molar-refractivity contribution < 1.29 is 18.5 Å². The predicted octanol–water partition coefficient (Wildman–Crippen LogP) is 1.79. The van der Waals surface area contributed by atoms with E-state index in [1.165, 1.54) is 24.3 Å². The van der Waals surface area contributed by atoms with E-state index in [4.69, 9.17) is 4.74 Å². The van der Waals surface area contributed by atoms with Gasteiger partial charge in [-0.15, -0.1) is 0 Å². The third-order valence-corrected chi connectivity index (χ3v) is 4.04. The van der Waals surface area contributed by atoms with E-state index >= 15 is 0 Å². The standard InChI is InChI=1S/C15H14O4S/c1-15(9-7-12(16)8-10-15)19-14(17)11-20(18)13-5-3-2-4-6-13/h2-10H,11H2,1H3. The molecule has 0 fully saturated rings. The second-order valence-corrected chi connectivity index (χ2v) is 5.98. The van der Waals surface area contributed by atoms with Crippen molar-refractivity contribution in [2.75, 3.05) is 5.75 Å². The van der Waals surface area contributed by atoms with Crippen molar-refractivity contribution in [3.05, 3.63) is 54.6 Å². The molecular weight excluding hydrogens is 276 g/mol. The highest BCUT2D eigenvalue weighted by Gasteiger charge is 2.26. The van der Waals surface area contributed by atoms with Crippen molar-refractivity contribution in [1.82, 2.24) is 0 Å². The first-order valence-corrected chi connectivity index (χ1v) is 7.38. The van der Waals surface area contributed by atoms with Crippen LogP contribution in [0.25, 0.3) is 0 Å². The van der Waals surface area contributed by atoms with Gasteiger partial charge in [-0.25, -0.2) is 0 Å². The number of allylic oxidation sites excluding steroid dienone is 2. The molecule has 0 aliphatic heterocycles. The number of carbonyl (C=O) groups excluding carboxylic acids is 2. The van der Waals surface area contributed by atoms with E-state index in [-0.39, 0.29) is 11.5 Å². The van der Waals surface area contributed by atoms with Crippen LogP contribution in [-0.2, 0) is 25.1 Å². The molecule has 1 aliphatic carbocycles. The molecule has 104 valence electrons. The Bertz CT molecular complexity index is 586. The Morgan fingerprint density at radius 1 is 1.20 bits per heavy atom. The zero-order valence-corrected chi connectivity index (χ0v) is 11.8. The molecule has 1 aromatic carbocycles. The predicted molar refractivity (Wildman–Crippen MR) is 75.5 cm³/mol. The van der Waals surface area contributed by atoms with Crippen molar-refractivity contribution in [1.29, 1.82) is 0 Å². The molecule has 0 N–H and O–H groups in total. The van der Waals surface area contributed by atoms with Crippen molar-refractivity contribution in [3.8, 4) is 0 Å². The van der Waals surface area contributed by atoms with Crippen LogP contribution in [0.5, 0.6) is 0 Å². The van der Waals surface area contributed by atoms with E-state index in [0.29, 0.717) is 4.90 Å². The van der Waals surface area contributed by atoms with Crippen molar-refractivity contribution in [2.24, 2.45) is 0 Å².